The molecule has 0 saturated carbocycles. The number of nitrogens with zero attached hydrogens (tertiary/aromatic N) is 2. The van der Waals surface area contributed by atoms with Gasteiger partial charge in [0.2, 0.25) is 0 Å². The van der Waals surface area contributed by atoms with Crippen LogP contribution in [0.15, 0.2) is 41.5 Å². The second-order valence-corrected chi connectivity index (χ2v) is 6.84. The number of amidine groups is 1. The van der Waals surface area contributed by atoms with Crippen LogP contribution in [0.2, 0.25) is 5.02 Å². The maximum atomic E-state index is 14.7. The van der Waals surface area contributed by atoms with Crippen molar-refractivity contribution in [1.29, 1.82) is 0 Å². The van der Waals surface area contributed by atoms with E-state index in [0.29, 0.717) is 29.5 Å². The third-order valence-corrected chi connectivity index (χ3v) is 4.93. The first-order valence-corrected chi connectivity index (χ1v) is 8.64. The van der Waals surface area contributed by atoms with Gasteiger partial charge in [-0.25, -0.2) is 14.4 Å². The van der Waals surface area contributed by atoms with E-state index in [9.17, 15) is 9.18 Å². The number of anilines is 1. The zero-order valence-corrected chi connectivity index (χ0v) is 14.9. The molecule has 3 N–H and O–H groups in total. The fourth-order valence-corrected chi connectivity index (χ4v) is 3.45. The number of fused-ring (bicyclic) bond motifs is 1. The van der Waals surface area contributed by atoms with E-state index in [1.165, 1.54) is 24.4 Å². The van der Waals surface area contributed by atoms with Crippen molar-refractivity contribution in [2.75, 3.05) is 25.1 Å². The second-order valence-electron chi connectivity index (χ2n) is 6.41. The lowest BCUT2D eigenvalue weighted by Crippen LogP contribution is -2.43. The van der Waals surface area contributed by atoms with Crippen molar-refractivity contribution >= 4 is 29.2 Å². The van der Waals surface area contributed by atoms with Gasteiger partial charge < -0.3 is 20.5 Å². The van der Waals surface area contributed by atoms with Crippen LogP contribution >= 0.6 is 11.6 Å². The van der Waals surface area contributed by atoms with Gasteiger partial charge in [-0.2, -0.15) is 0 Å². The lowest BCUT2D eigenvalue weighted by molar-refractivity contribution is 0.102. The zero-order valence-electron chi connectivity index (χ0n) is 14.1. The van der Waals surface area contributed by atoms with Crippen LogP contribution in [0.4, 0.5) is 10.1 Å². The first-order chi connectivity index (χ1) is 13.0. The van der Waals surface area contributed by atoms with Crippen LogP contribution in [-0.2, 0) is 15.0 Å². The Labute approximate surface area is 159 Å². The molecule has 7 nitrogen and oxygen atoms in total. The van der Waals surface area contributed by atoms with Gasteiger partial charge in [-0.1, -0.05) is 11.6 Å². The molecule has 1 aromatic heterocycles. The van der Waals surface area contributed by atoms with Gasteiger partial charge >= 0.3 is 0 Å². The topological polar surface area (TPSA) is 98.8 Å². The lowest BCUT2D eigenvalue weighted by atomic mass is 9.80. The molecule has 2 unspecified atom stereocenters. The van der Waals surface area contributed by atoms with E-state index < -0.39 is 17.3 Å². The second kappa shape index (κ2) is 6.79. The molecule has 2 aliphatic heterocycles. The van der Waals surface area contributed by atoms with Crippen LogP contribution in [0.1, 0.15) is 16.1 Å². The van der Waals surface area contributed by atoms with E-state index in [1.54, 1.807) is 12.1 Å². The van der Waals surface area contributed by atoms with Crippen molar-refractivity contribution in [3.8, 4) is 0 Å². The number of aromatic nitrogens is 1. The molecule has 1 amide bonds. The molecule has 2 aromatic rings. The SMILES string of the molecule is NC1=NC2(c3cc(NC(=O)c4ccc(Cl)cn4)ccc3F)COCC2CO1. The van der Waals surface area contributed by atoms with Gasteiger partial charge in [-0.15, -0.1) is 0 Å². The number of benzene rings is 1. The Kier molecular flexibility index (Phi) is 4.45. The van der Waals surface area contributed by atoms with Gasteiger partial charge in [0.1, 0.15) is 17.1 Å². The van der Waals surface area contributed by atoms with Gasteiger partial charge in [-0.3, -0.25) is 4.79 Å². The van der Waals surface area contributed by atoms with Gasteiger partial charge in [0.15, 0.2) is 0 Å². The average Bonchev–Trinajstić information content (AvgIpc) is 3.07. The summed E-state index contributed by atoms with van der Waals surface area (Å²) in [6, 6.07) is 7.37. The van der Waals surface area contributed by atoms with Crippen molar-refractivity contribution in [3.63, 3.8) is 0 Å². The summed E-state index contributed by atoms with van der Waals surface area (Å²) in [6.07, 6.45) is 1.38. The van der Waals surface area contributed by atoms with Crippen molar-refractivity contribution < 1.29 is 18.7 Å². The first kappa shape index (κ1) is 17.7. The summed E-state index contributed by atoms with van der Waals surface area (Å²) in [5.41, 5.74) is 5.67. The molecular weight excluding hydrogens is 375 g/mol. The predicted octanol–water partition coefficient (Wildman–Crippen LogP) is 2.31. The molecule has 1 saturated heterocycles. The van der Waals surface area contributed by atoms with Gasteiger partial charge in [0.25, 0.3) is 11.9 Å². The number of halogens is 2. The molecule has 0 bridgehead atoms. The minimum Gasteiger partial charge on any atom is -0.465 e. The standard InChI is InChI=1S/C18H16ClFN4O3/c19-11-1-4-15(22-6-11)16(25)23-12-2-3-14(20)13(5-12)18-9-26-7-10(18)8-27-17(21)24-18/h1-6,10H,7-9H2,(H2,21,24)(H,23,25). The largest absolute Gasteiger partial charge is 0.465 e. The number of nitrogens with one attached hydrogen (secondary N) is 1. The summed E-state index contributed by atoms with van der Waals surface area (Å²) < 4.78 is 25.5. The van der Waals surface area contributed by atoms with E-state index in [0.717, 1.165) is 0 Å². The van der Waals surface area contributed by atoms with Crippen molar-refractivity contribution in [2.45, 2.75) is 5.54 Å². The van der Waals surface area contributed by atoms with Crippen LogP contribution in [0.3, 0.4) is 0 Å². The number of aliphatic imine (C=N–C) groups is 1. The first-order valence-electron chi connectivity index (χ1n) is 8.27. The molecule has 0 aliphatic carbocycles. The molecule has 1 fully saturated rings. The maximum absolute atomic E-state index is 14.7. The van der Waals surface area contributed by atoms with E-state index in [-0.39, 0.29) is 24.2 Å². The summed E-state index contributed by atoms with van der Waals surface area (Å²) in [5, 5.41) is 3.14. The predicted molar refractivity (Wildman–Crippen MR) is 97.2 cm³/mol. The Balaban J connectivity index is 1.67. The molecule has 4 rings (SSSR count). The monoisotopic (exact) mass is 390 g/mol. The number of ether oxygens (including phenoxy) is 2. The molecule has 2 aliphatic rings. The number of carbonyl (C=O) groups is 1. The third kappa shape index (κ3) is 3.22. The Morgan fingerprint density at radius 2 is 2.19 bits per heavy atom. The minimum absolute atomic E-state index is 0.00375. The number of hydrogen-bond donors (Lipinski definition) is 2. The molecule has 9 heteroatoms. The molecule has 0 radical (unpaired) electrons. The maximum Gasteiger partial charge on any atom is 0.282 e. The van der Waals surface area contributed by atoms with Crippen LogP contribution < -0.4 is 11.1 Å². The molecule has 1 aromatic carbocycles. The van der Waals surface area contributed by atoms with Crippen LogP contribution in [0, 0.1) is 11.7 Å². The molecular formula is C18H16ClFN4O3. The highest BCUT2D eigenvalue weighted by Crippen LogP contribution is 2.43. The number of pyridine rings is 1. The van der Waals surface area contributed by atoms with Gasteiger partial charge in [0.05, 0.1) is 24.8 Å². The smallest absolute Gasteiger partial charge is 0.282 e. The van der Waals surface area contributed by atoms with Crippen molar-refractivity contribution in [3.05, 3.63) is 58.6 Å². The summed E-state index contributed by atoms with van der Waals surface area (Å²) in [4.78, 5) is 20.7. The minimum atomic E-state index is -0.967. The van der Waals surface area contributed by atoms with Crippen LogP contribution in [0.5, 0.6) is 0 Å². The number of hydrogen-bond acceptors (Lipinski definition) is 6. The van der Waals surface area contributed by atoms with Gasteiger partial charge in [-0.05, 0) is 30.3 Å². The van der Waals surface area contributed by atoms with Gasteiger partial charge in [0, 0.05) is 23.4 Å². The summed E-state index contributed by atoms with van der Waals surface area (Å²) in [7, 11) is 0. The van der Waals surface area contributed by atoms with E-state index >= 15 is 0 Å². The lowest BCUT2D eigenvalue weighted by Gasteiger charge is -2.34. The van der Waals surface area contributed by atoms with E-state index in [4.69, 9.17) is 26.8 Å². The quantitative estimate of drug-likeness (QED) is 0.837. The normalized spacial score (nSPS) is 23.9. The highest BCUT2D eigenvalue weighted by Gasteiger charge is 2.50. The van der Waals surface area contributed by atoms with E-state index in [2.05, 4.69) is 15.3 Å². The molecule has 3 heterocycles. The number of amides is 1. The highest BCUT2D eigenvalue weighted by molar-refractivity contribution is 6.30. The number of carbonyl (C=O) groups excluding carboxylic acids is 1. The Bertz CT molecular complexity index is 921. The van der Waals surface area contributed by atoms with E-state index in [1.807, 2.05) is 0 Å². The van der Waals surface area contributed by atoms with Crippen LogP contribution in [-0.4, -0.2) is 36.7 Å². The average molecular weight is 391 g/mol. The fourth-order valence-electron chi connectivity index (χ4n) is 3.33. The zero-order chi connectivity index (χ0) is 19.0. The highest BCUT2D eigenvalue weighted by atomic mass is 35.5. The van der Waals surface area contributed by atoms with Crippen molar-refractivity contribution in [2.24, 2.45) is 16.6 Å². The Morgan fingerprint density at radius 1 is 1.33 bits per heavy atom. The third-order valence-electron chi connectivity index (χ3n) is 4.71. The molecule has 0 spiro atoms. The summed E-state index contributed by atoms with van der Waals surface area (Å²) in [6.45, 7) is 0.871. The summed E-state index contributed by atoms with van der Waals surface area (Å²) in [5.74, 6) is -1.05. The number of nitrogens with two attached hydrogens (primary N) is 1. The Hall–Kier alpha value is -2.71. The fraction of sp³-hybridized carbons (Fsp3) is 0.278. The molecule has 2 atom stereocenters. The summed E-state index contributed by atoms with van der Waals surface area (Å²) >= 11 is 5.78. The number of rotatable bonds is 3. The Morgan fingerprint density at radius 3 is 2.96 bits per heavy atom. The molecule has 27 heavy (non-hydrogen) atoms. The van der Waals surface area contributed by atoms with Crippen LogP contribution in [0.25, 0.3) is 0 Å². The molecule has 140 valence electrons. The van der Waals surface area contributed by atoms with Crippen molar-refractivity contribution in [1.82, 2.24) is 4.98 Å².